The van der Waals surface area contributed by atoms with Crippen molar-refractivity contribution in [3.8, 4) is 0 Å². The van der Waals surface area contributed by atoms with Crippen LogP contribution in [0.2, 0.25) is 5.82 Å². The number of rotatable bonds is 2. The first-order chi connectivity index (χ1) is 11.5. The average Bonchev–Trinajstić information content (AvgIpc) is 3.41. The predicted molar refractivity (Wildman–Crippen MR) is 107 cm³/mol. The quantitative estimate of drug-likeness (QED) is 0.434. The molecular weight excluding hydrogens is 503 g/mol. The van der Waals surface area contributed by atoms with Crippen LogP contribution < -0.4 is 0 Å². The van der Waals surface area contributed by atoms with Crippen LogP contribution in [0.3, 0.4) is 0 Å². The Balaban J connectivity index is 0.000000135. The Kier molecular flexibility index (Phi) is 8.36. The minimum absolute atomic E-state index is 0.213. The van der Waals surface area contributed by atoms with Crippen molar-refractivity contribution in [2.24, 2.45) is 0 Å². The minimum atomic E-state index is -1.04. The van der Waals surface area contributed by atoms with E-state index in [4.69, 9.17) is 10.0 Å². The molecule has 0 saturated heterocycles. The summed E-state index contributed by atoms with van der Waals surface area (Å²) in [5, 5.41) is 16.5. The van der Waals surface area contributed by atoms with Crippen molar-refractivity contribution in [3.63, 3.8) is 0 Å². The summed E-state index contributed by atoms with van der Waals surface area (Å²) in [7, 11) is -1.04. The molecule has 2 aromatic heterocycles. The van der Waals surface area contributed by atoms with Crippen molar-refractivity contribution in [1.29, 1.82) is 0 Å². The smallest absolute Gasteiger partial charge is 0.427 e. The molecule has 2 aliphatic rings. The van der Waals surface area contributed by atoms with Crippen LogP contribution in [0.1, 0.15) is 37.3 Å². The molecular formula is C16H18BBr3N2O2. The highest BCUT2D eigenvalue weighted by Crippen LogP contribution is 2.39. The summed E-state index contributed by atoms with van der Waals surface area (Å²) >= 11 is 9.79. The van der Waals surface area contributed by atoms with Crippen LogP contribution in [0.5, 0.6) is 0 Å². The van der Waals surface area contributed by atoms with Gasteiger partial charge in [0, 0.05) is 11.6 Å². The van der Waals surface area contributed by atoms with Gasteiger partial charge in [0.25, 0.3) is 0 Å². The first kappa shape index (κ1) is 20.0. The molecule has 4 rings (SSSR count). The topological polar surface area (TPSA) is 66.2 Å². The van der Waals surface area contributed by atoms with Crippen molar-refractivity contribution in [1.82, 2.24) is 9.97 Å². The van der Waals surface area contributed by atoms with Gasteiger partial charge < -0.3 is 10.0 Å². The van der Waals surface area contributed by atoms with Crippen LogP contribution in [0.25, 0.3) is 0 Å². The number of aromatic nitrogens is 2. The Hall–Kier alpha value is -0.275. The summed E-state index contributed by atoms with van der Waals surface area (Å²) in [6, 6.07) is 11.8. The van der Waals surface area contributed by atoms with Gasteiger partial charge >= 0.3 is 7.12 Å². The zero-order chi connectivity index (χ0) is 17.5. The third-order valence-electron chi connectivity index (χ3n) is 3.46. The maximum absolute atomic E-state index is 8.25. The second kappa shape index (κ2) is 10.0. The number of halogens is 3. The molecule has 24 heavy (non-hydrogen) atoms. The monoisotopic (exact) mass is 518 g/mol. The lowest BCUT2D eigenvalue weighted by Crippen LogP contribution is -2.09. The summed E-state index contributed by atoms with van der Waals surface area (Å²) in [5.41, 5.74) is 1.24. The lowest BCUT2D eigenvalue weighted by molar-refractivity contribution is 0.403. The lowest BCUT2D eigenvalue weighted by atomic mass is 9.84. The maximum Gasteiger partial charge on any atom is 0.454 e. The number of hydrogen-bond acceptors (Lipinski definition) is 4. The standard InChI is InChI=1S/C8H8BrN.C5H3Br2N.C3H7BO2/c9-8-3-1-2-7(10-8)6-4-5-6;6-4-2-1-3-5(7)8-4;5-4(6)3-1-2-3/h1-3,6H,4-5H2;1-3H;3,5-6H,1-2H2. The summed E-state index contributed by atoms with van der Waals surface area (Å²) in [6.07, 6.45) is 4.64. The van der Waals surface area contributed by atoms with Gasteiger partial charge in [0.05, 0.1) is 0 Å². The molecule has 0 amide bonds. The Morgan fingerprint density at radius 3 is 1.58 bits per heavy atom. The maximum atomic E-state index is 8.25. The minimum Gasteiger partial charge on any atom is -0.427 e. The zero-order valence-electron chi connectivity index (χ0n) is 12.9. The van der Waals surface area contributed by atoms with E-state index in [-0.39, 0.29) is 5.82 Å². The van der Waals surface area contributed by atoms with Crippen LogP contribution in [-0.2, 0) is 0 Å². The van der Waals surface area contributed by atoms with E-state index in [1.54, 1.807) is 0 Å². The SMILES string of the molecule is Brc1cccc(Br)n1.Brc1cccc(C2CC2)n1.OB(O)C1CC1. The highest BCUT2D eigenvalue weighted by molar-refractivity contribution is 9.11. The van der Waals surface area contributed by atoms with Gasteiger partial charge in [-0.15, -0.1) is 0 Å². The summed E-state index contributed by atoms with van der Waals surface area (Å²) in [5.74, 6) is 0.975. The zero-order valence-corrected chi connectivity index (χ0v) is 17.7. The molecule has 0 atom stereocenters. The summed E-state index contributed by atoms with van der Waals surface area (Å²) < 4.78 is 2.66. The first-order valence-electron chi connectivity index (χ1n) is 7.72. The Morgan fingerprint density at radius 2 is 1.29 bits per heavy atom. The molecule has 0 spiro atoms. The Bertz CT molecular complexity index is 635. The number of pyridine rings is 2. The third-order valence-corrected chi connectivity index (χ3v) is 4.78. The van der Waals surface area contributed by atoms with Crippen molar-refractivity contribution in [2.45, 2.75) is 37.4 Å². The second-order valence-electron chi connectivity index (χ2n) is 5.69. The van der Waals surface area contributed by atoms with Gasteiger partial charge in [0.1, 0.15) is 13.8 Å². The summed E-state index contributed by atoms with van der Waals surface area (Å²) in [4.78, 5) is 8.36. The molecule has 0 bridgehead atoms. The van der Waals surface area contributed by atoms with E-state index in [1.165, 1.54) is 18.5 Å². The van der Waals surface area contributed by atoms with Crippen LogP contribution >= 0.6 is 47.8 Å². The van der Waals surface area contributed by atoms with Crippen LogP contribution in [0.4, 0.5) is 0 Å². The fourth-order valence-electron chi connectivity index (χ4n) is 1.81. The van der Waals surface area contributed by atoms with Crippen molar-refractivity contribution in [2.75, 3.05) is 0 Å². The molecule has 0 aromatic carbocycles. The fourth-order valence-corrected chi connectivity index (χ4v) is 3.09. The molecule has 0 unspecified atom stereocenters. The van der Waals surface area contributed by atoms with Crippen molar-refractivity contribution in [3.05, 3.63) is 55.9 Å². The van der Waals surface area contributed by atoms with Gasteiger partial charge in [-0.3, -0.25) is 0 Å². The van der Waals surface area contributed by atoms with Gasteiger partial charge in [-0.05, 0) is 90.7 Å². The van der Waals surface area contributed by atoms with E-state index in [2.05, 4.69) is 63.8 Å². The molecule has 2 N–H and O–H groups in total. The molecule has 2 aliphatic carbocycles. The molecule has 4 nitrogen and oxygen atoms in total. The summed E-state index contributed by atoms with van der Waals surface area (Å²) in [6.45, 7) is 0. The normalized spacial score (nSPS) is 15.5. The number of nitrogens with zero attached hydrogens (tertiary/aromatic N) is 2. The second-order valence-corrected chi connectivity index (χ2v) is 8.13. The van der Waals surface area contributed by atoms with Crippen LogP contribution in [0, 0.1) is 0 Å². The van der Waals surface area contributed by atoms with Crippen molar-refractivity contribution >= 4 is 54.9 Å². The molecule has 2 fully saturated rings. The van der Waals surface area contributed by atoms with Gasteiger partial charge in [0.15, 0.2) is 0 Å². The highest BCUT2D eigenvalue weighted by atomic mass is 79.9. The third kappa shape index (κ3) is 8.20. The van der Waals surface area contributed by atoms with E-state index >= 15 is 0 Å². The molecule has 2 aromatic rings. The average molecular weight is 521 g/mol. The van der Waals surface area contributed by atoms with E-state index in [0.717, 1.165) is 32.6 Å². The predicted octanol–water partition coefficient (Wildman–Crippen LogP) is 4.95. The molecule has 8 heteroatoms. The Morgan fingerprint density at radius 1 is 0.792 bits per heavy atom. The molecule has 0 aliphatic heterocycles. The van der Waals surface area contributed by atoms with Gasteiger partial charge in [0.2, 0.25) is 0 Å². The van der Waals surface area contributed by atoms with Gasteiger partial charge in [-0.2, -0.15) is 0 Å². The molecule has 0 radical (unpaired) electrons. The molecule has 2 saturated carbocycles. The number of hydrogen-bond donors (Lipinski definition) is 2. The first-order valence-corrected chi connectivity index (χ1v) is 10.1. The lowest BCUT2D eigenvalue weighted by Gasteiger charge is -1.95. The van der Waals surface area contributed by atoms with Gasteiger partial charge in [-0.25, -0.2) is 9.97 Å². The van der Waals surface area contributed by atoms with Crippen LogP contribution in [-0.4, -0.2) is 27.1 Å². The van der Waals surface area contributed by atoms with E-state index in [0.29, 0.717) is 0 Å². The van der Waals surface area contributed by atoms with Gasteiger partial charge in [-0.1, -0.05) is 25.0 Å². The molecule has 128 valence electrons. The fraction of sp³-hybridized carbons (Fsp3) is 0.375. The van der Waals surface area contributed by atoms with Crippen LogP contribution in [0.15, 0.2) is 50.2 Å². The largest absolute Gasteiger partial charge is 0.454 e. The van der Waals surface area contributed by atoms with Crippen molar-refractivity contribution < 1.29 is 10.0 Å². The van der Waals surface area contributed by atoms with E-state index in [9.17, 15) is 0 Å². The van der Waals surface area contributed by atoms with E-state index in [1.807, 2.05) is 30.3 Å². The molecule has 2 heterocycles. The highest BCUT2D eigenvalue weighted by Gasteiger charge is 2.33. The Labute approximate surface area is 167 Å². The van der Waals surface area contributed by atoms with E-state index < -0.39 is 7.12 Å².